The molecule has 6 nitrogen and oxygen atoms in total. The Labute approximate surface area is 173 Å². The topological polar surface area (TPSA) is 69.0 Å². The molecule has 0 unspecified atom stereocenters. The second kappa shape index (κ2) is 8.57. The Morgan fingerprint density at radius 2 is 1.87 bits per heavy atom. The van der Waals surface area contributed by atoms with Crippen molar-refractivity contribution in [3.8, 4) is 17.3 Å². The minimum absolute atomic E-state index is 0.184. The average Bonchev–Trinajstić information content (AvgIpc) is 3.20. The highest BCUT2D eigenvalue weighted by Crippen LogP contribution is 2.20. The Balaban J connectivity index is 1.37. The molecule has 2 aromatic heterocycles. The van der Waals surface area contributed by atoms with Crippen LogP contribution < -0.4 is 10.1 Å². The molecule has 0 fully saturated rings. The van der Waals surface area contributed by atoms with Gasteiger partial charge in [-0.25, -0.2) is 14.1 Å². The summed E-state index contributed by atoms with van der Waals surface area (Å²) in [5.74, 6) is 0.334. The zero-order chi connectivity index (χ0) is 20.9. The maximum atomic E-state index is 13.0. The molecular formula is C23H19FN4O2. The van der Waals surface area contributed by atoms with Crippen molar-refractivity contribution >= 4 is 5.91 Å². The molecule has 0 spiro atoms. The highest BCUT2D eigenvalue weighted by Gasteiger charge is 2.07. The van der Waals surface area contributed by atoms with Crippen LogP contribution in [0, 0.1) is 12.7 Å². The lowest BCUT2D eigenvalue weighted by atomic mass is 10.2. The lowest BCUT2D eigenvalue weighted by Gasteiger charge is -2.09. The number of carbonyl (C=O) groups excluding carboxylic acids is 1. The Hall–Kier alpha value is -4.00. The van der Waals surface area contributed by atoms with E-state index in [0.717, 1.165) is 16.8 Å². The molecule has 0 radical (unpaired) electrons. The lowest BCUT2D eigenvalue weighted by Crippen LogP contribution is -2.22. The number of amides is 1. The molecule has 30 heavy (non-hydrogen) atoms. The first-order chi connectivity index (χ1) is 14.6. The number of benzene rings is 2. The fraction of sp³-hybridized carbons (Fsp3) is 0.0870. The number of halogens is 1. The summed E-state index contributed by atoms with van der Waals surface area (Å²) in [5, 5.41) is 7.14. The predicted octanol–water partition coefficient (Wildman–Crippen LogP) is 4.44. The summed E-state index contributed by atoms with van der Waals surface area (Å²) >= 11 is 0. The van der Waals surface area contributed by atoms with Crippen LogP contribution in [-0.4, -0.2) is 20.7 Å². The van der Waals surface area contributed by atoms with Gasteiger partial charge in [-0.15, -0.1) is 0 Å². The maximum Gasteiger partial charge on any atom is 0.251 e. The van der Waals surface area contributed by atoms with Crippen molar-refractivity contribution in [1.82, 2.24) is 20.1 Å². The highest BCUT2D eigenvalue weighted by atomic mass is 19.1. The normalized spacial score (nSPS) is 10.6. The van der Waals surface area contributed by atoms with Crippen LogP contribution in [-0.2, 0) is 6.54 Å². The summed E-state index contributed by atoms with van der Waals surface area (Å²) < 4.78 is 20.4. The number of aromatic nitrogens is 3. The van der Waals surface area contributed by atoms with Crippen LogP contribution in [0.1, 0.15) is 21.5 Å². The molecule has 0 aliphatic rings. The molecule has 0 aliphatic heterocycles. The third-order valence-corrected chi connectivity index (χ3v) is 4.39. The van der Waals surface area contributed by atoms with E-state index >= 15 is 0 Å². The summed E-state index contributed by atoms with van der Waals surface area (Å²) in [4.78, 5) is 16.6. The summed E-state index contributed by atoms with van der Waals surface area (Å²) in [5.41, 5.74) is 3.34. The lowest BCUT2D eigenvalue weighted by molar-refractivity contribution is 0.0951. The molecule has 0 atom stereocenters. The first kappa shape index (κ1) is 19.3. The number of hydrogen-bond acceptors (Lipinski definition) is 4. The van der Waals surface area contributed by atoms with E-state index in [4.69, 9.17) is 4.74 Å². The molecule has 4 aromatic rings. The number of aryl methyl sites for hydroxylation is 1. The maximum absolute atomic E-state index is 13.0. The summed E-state index contributed by atoms with van der Waals surface area (Å²) in [7, 11) is 0. The van der Waals surface area contributed by atoms with E-state index in [1.165, 1.54) is 24.3 Å². The van der Waals surface area contributed by atoms with E-state index in [2.05, 4.69) is 15.4 Å². The van der Waals surface area contributed by atoms with Crippen LogP contribution in [0.5, 0.6) is 11.6 Å². The molecule has 1 amide bonds. The molecule has 2 heterocycles. The summed E-state index contributed by atoms with van der Waals surface area (Å²) in [6, 6.07) is 16.4. The van der Waals surface area contributed by atoms with Crippen LogP contribution in [0.2, 0.25) is 0 Å². The molecule has 0 saturated heterocycles. The van der Waals surface area contributed by atoms with E-state index in [1.807, 2.05) is 25.3 Å². The molecule has 0 bridgehead atoms. The van der Waals surface area contributed by atoms with Crippen LogP contribution in [0.15, 0.2) is 79.3 Å². The molecule has 0 saturated carbocycles. The van der Waals surface area contributed by atoms with E-state index in [1.54, 1.807) is 41.3 Å². The Morgan fingerprint density at radius 3 is 2.57 bits per heavy atom. The van der Waals surface area contributed by atoms with Gasteiger partial charge >= 0.3 is 0 Å². The number of ether oxygens (including phenoxy) is 1. The quantitative estimate of drug-likeness (QED) is 0.518. The first-order valence-electron chi connectivity index (χ1n) is 9.35. The zero-order valence-corrected chi connectivity index (χ0v) is 16.2. The molecule has 4 rings (SSSR count). The fourth-order valence-electron chi connectivity index (χ4n) is 2.84. The Morgan fingerprint density at radius 1 is 1.10 bits per heavy atom. The van der Waals surface area contributed by atoms with Gasteiger partial charge in [0.25, 0.3) is 5.91 Å². The van der Waals surface area contributed by atoms with E-state index in [0.29, 0.717) is 23.7 Å². The first-order valence-corrected chi connectivity index (χ1v) is 9.35. The van der Waals surface area contributed by atoms with Gasteiger partial charge in [0.2, 0.25) is 5.88 Å². The molecule has 0 aliphatic carbocycles. The Kier molecular flexibility index (Phi) is 5.52. The standard InChI is InChI=1S/C23H19FN4O2/c1-16-13-27-28(15-16)20-6-2-18(3-7-20)23(29)26-14-17-10-11-25-22(12-17)30-21-8-4-19(24)5-9-21/h2-13,15H,14H2,1H3,(H,26,29). The van der Waals surface area contributed by atoms with Gasteiger partial charge < -0.3 is 10.1 Å². The largest absolute Gasteiger partial charge is 0.439 e. The van der Waals surface area contributed by atoms with Gasteiger partial charge in [0.1, 0.15) is 11.6 Å². The number of nitrogens with one attached hydrogen (secondary N) is 1. The van der Waals surface area contributed by atoms with Crippen molar-refractivity contribution in [3.63, 3.8) is 0 Å². The molecule has 7 heteroatoms. The minimum Gasteiger partial charge on any atom is -0.439 e. The van der Waals surface area contributed by atoms with Gasteiger partial charge in [0.05, 0.1) is 11.9 Å². The number of pyridine rings is 1. The van der Waals surface area contributed by atoms with E-state index in [9.17, 15) is 9.18 Å². The summed E-state index contributed by atoms with van der Waals surface area (Å²) in [6.07, 6.45) is 5.30. The molecule has 150 valence electrons. The smallest absolute Gasteiger partial charge is 0.251 e. The SMILES string of the molecule is Cc1cnn(-c2ccc(C(=O)NCc3ccnc(Oc4ccc(F)cc4)c3)cc2)c1. The van der Waals surface area contributed by atoms with Crippen molar-refractivity contribution in [3.05, 3.63) is 102 Å². The number of carbonyl (C=O) groups is 1. The van der Waals surface area contributed by atoms with Crippen LogP contribution >= 0.6 is 0 Å². The minimum atomic E-state index is -0.334. The van der Waals surface area contributed by atoms with Crippen molar-refractivity contribution in [2.24, 2.45) is 0 Å². The van der Waals surface area contributed by atoms with Gasteiger partial charge in [0, 0.05) is 30.6 Å². The monoisotopic (exact) mass is 402 g/mol. The Bertz CT molecular complexity index is 1150. The van der Waals surface area contributed by atoms with Crippen molar-refractivity contribution < 1.29 is 13.9 Å². The van der Waals surface area contributed by atoms with Crippen LogP contribution in [0.4, 0.5) is 4.39 Å². The van der Waals surface area contributed by atoms with E-state index in [-0.39, 0.29) is 11.7 Å². The second-order valence-electron chi connectivity index (χ2n) is 6.75. The second-order valence-corrected chi connectivity index (χ2v) is 6.75. The number of hydrogen-bond donors (Lipinski definition) is 1. The summed E-state index contributed by atoms with van der Waals surface area (Å²) in [6.45, 7) is 2.29. The highest BCUT2D eigenvalue weighted by molar-refractivity contribution is 5.94. The van der Waals surface area contributed by atoms with Crippen molar-refractivity contribution in [2.45, 2.75) is 13.5 Å². The molecule has 2 aromatic carbocycles. The van der Waals surface area contributed by atoms with Gasteiger partial charge in [-0.2, -0.15) is 5.10 Å². The van der Waals surface area contributed by atoms with Gasteiger partial charge in [0.15, 0.2) is 0 Å². The molecular weight excluding hydrogens is 383 g/mol. The van der Waals surface area contributed by atoms with Crippen molar-refractivity contribution in [1.29, 1.82) is 0 Å². The van der Waals surface area contributed by atoms with Gasteiger partial charge in [-0.1, -0.05) is 0 Å². The van der Waals surface area contributed by atoms with Crippen LogP contribution in [0.3, 0.4) is 0 Å². The zero-order valence-electron chi connectivity index (χ0n) is 16.2. The average molecular weight is 402 g/mol. The predicted molar refractivity (Wildman–Crippen MR) is 110 cm³/mol. The third kappa shape index (κ3) is 4.70. The van der Waals surface area contributed by atoms with Crippen LogP contribution in [0.25, 0.3) is 5.69 Å². The van der Waals surface area contributed by atoms with E-state index < -0.39 is 0 Å². The number of nitrogens with zero attached hydrogens (tertiary/aromatic N) is 3. The van der Waals surface area contributed by atoms with Gasteiger partial charge in [-0.05, 0) is 72.6 Å². The fourth-order valence-corrected chi connectivity index (χ4v) is 2.84. The number of rotatable bonds is 6. The van der Waals surface area contributed by atoms with Gasteiger partial charge in [-0.3, -0.25) is 4.79 Å². The van der Waals surface area contributed by atoms with Crippen molar-refractivity contribution in [2.75, 3.05) is 0 Å². The third-order valence-electron chi connectivity index (χ3n) is 4.39. The molecule has 1 N–H and O–H groups in total.